The molecule has 3 heterocycles. The summed E-state index contributed by atoms with van der Waals surface area (Å²) in [5, 5.41) is 0.548. The van der Waals surface area contributed by atoms with Gasteiger partial charge in [0.1, 0.15) is 0 Å². The van der Waals surface area contributed by atoms with E-state index in [0.29, 0.717) is 23.2 Å². The van der Waals surface area contributed by atoms with Crippen LogP contribution >= 0.6 is 0 Å². The van der Waals surface area contributed by atoms with Crippen LogP contribution in [0.3, 0.4) is 0 Å². The minimum Gasteiger partial charge on any atom is -0.454 e. The van der Waals surface area contributed by atoms with Crippen molar-refractivity contribution in [3.8, 4) is 22.6 Å². The first-order chi connectivity index (χ1) is 13.2. The molecule has 1 unspecified atom stereocenters. The lowest BCUT2D eigenvalue weighted by Gasteiger charge is -2.14. The maximum Gasteiger partial charge on any atom is 0.262 e. The molecule has 0 amide bonds. The Kier molecular flexibility index (Phi) is 3.75. The van der Waals surface area contributed by atoms with E-state index in [1.54, 1.807) is 6.07 Å². The summed E-state index contributed by atoms with van der Waals surface area (Å²) in [6.07, 6.45) is 1.98. The zero-order chi connectivity index (χ0) is 18.4. The zero-order valence-corrected chi connectivity index (χ0v) is 14.7. The van der Waals surface area contributed by atoms with E-state index in [1.807, 2.05) is 30.3 Å². The summed E-state index contributed by atoms with van der Waals surface area (Å²) in [5.74, 6) is 1.66. The fourth-order valence-electron chi connectivity index (χ4n) is 3.66. The highest BCUT2D eigenvalue weighted by atomic mass is 16.7. The van der Waals surface area contributed by atoms with Gasteiger partial charge in [-0.3, -0.25) is 9.36 Å². The Morgan fingerprint density at radius 3 is 2.78 bits per heavy atom. The Morgan fingerprint density at radius 2 is 1.93 bits per heavy atom. The Morgan fingerprint density at radius 1 is 1.11 bits per heavy atom. The molecule has 2 aliphatic rings. The number of hydrogen-bond acceptors (Lipinski definition) is 6. The highest BCUT2D eigenvalue weighted by molar-refractivity contribution is 5.84. The zero-order valence-electron chi connectivity index (χ0n) is 14.7. The maximum absolute atomic E-state index is 12.9. The van der Waals surface area contributed by atoms with Gasteiger partial charge in [0.15, 0.2) is 11.5 Å². The van der Waals surface area contributed by atoms with Crippen molar-refractivity contribution in [3.05, 3.63) is 46.8 Å². The number of aromatic nitrogens is 2. The Bertz CT molecular complexity index is 1090. The van der Waals surface area contributed by atoms with Crippen LogP contribution in [0, 0.1) is 0 Å². The van der Waals surface area contributed by atoms with Crippen molar-refractivity contribution in [2.24, 2.45) is 0 Å². The average Bonchev–Trinajstić information content (AvgIpc) is 3.35. The quantitative estimate of drug-likeness (QED) is 0.767. The lowest BCUT2D eigenvalue weighted by atomic mass is 10.0. The van der Waals surface area contributed by atoms with E-state index < -0.39 is 0 Å². The second kappa shape index (κ2) is 6.28. The summed E-state index contributed by atoms with van der Waals surface area (Å²) < 4.78 is 17.9. The van der Waals surface area contributed by atoms with Gasteiger partial charge in [-0.2, -0.15) is 0 Å². The summed E-state index contributed by atoms with van der Waals surface area (Å²) in [4.78, 5) is 17.4. The van der Waals surface area contributed by atoms with Gasteiger partial charge in [0.25, 0.3) is 5.56 Å². The fourth-order valence-corrected chi connectivity index (χ4v) is 3.66. The Balaban J connectivity index is 1.55. The van der Waals surface area contributed by atoms with Crippen molar-refractivity contribution in [1.29, 1.82) is 0 Å². The van der Waals surface area contributed by atoms with E-state index >= 15 is 0 Å². The van der Waals surface area contributed by atoms with Gasteiger partial charge in [-0.25, -0.2) is 4.98 Å². The van der Waals surface area contributed by atoms with E-state index in [4.69, 9.17) is 19.9 Å². The molecular formula is C20H19N3O4. The lowest BCUT2D eigenvalue weighted by Crippen LogP contribution is -2.29. The minimum atomic E-state index is -0.134. The molecule has 0 spiro atoms. The summed E-state index contributed by atoms with van der Waals surface area (Å²) in [5.41, 5.74) is 8.43. The SMILES string of the molecule is Nc1nc2cc(-c3ccc4c(c3)OCO4)ccc2c(=O)n1CC1CCCO1. The van der Waals surface area contributed by atoms with E-state index in [9.17, 15) is 4.79 Å². The molecule has 2 aromatic carbocycles. The number of nitrogens with zero attached hydrogens (tertiary/aromatic N) is 2. The number of nitrogens with two attached hydrogens (primary N) is 1. The van der Waals surface area contributed by atoms with Crippen LogP contribution in [0.4, 0.5) is 5.95 Å². The first-order valence-electron chi connectivity index (χ1n) is 9.01. The molecule has 0 saturated carbocycles. The summed E-state index contributed by atoms with van der Waals surface area (Å²) >= 11 is 0. The maximum atomic E-state index is 12.9. The smallest absolute Gasteiger partial charge is 0.262 e. The molecule has 7 heteroatoms. The predicted octanol–water partition coefficient (Wildman–Crippen LogP) is 2.55. The molecule has 2 aliphatic heterocycles. The van der Waals surface area contributed by atoms with Crippen molar-refractivity contribution in [2.75, 3.05) is 19.1 Å². The number of benzene rings is 2. The normalized spacial score (nSPS) is 18.3. The molecule has 27 heavy (non-hydrogen) atoms. The second-order valence-corrected chi connectivity index (χ2v) is 6.82. The van der Waals surface area contributed by atoms with Crippen LogP contribution in [0.5, 0.6) is 11.5 Å². The van der Waals surface area contributed by atoms with Crippen LogP contribution in [0.25, 0.3) is 22.0 Å². The van der Waals surface area contributed by atoms with E-state index in [-0.39, 0.29) is 24.4 Å². The molecule has 1 fully saturated rings. The van der Waals surface area contributed by atoms with Gasteiger partial charge in [-0.15, -0.1) is 0 Å². The Hall–Kier alpha value is -3.06. The Labute approximate surface area is 155 Å². The van der Waals surface area contributed by atoms with Crippen LogP contribution in [0.2, 0.25) is 0 Å². The van der Waals surface area contributed by atoms with Crippen LogP contribution in [-0.4, -0.2) is 29.1 Å². The topological polar surface area (TPSA) is 88.6 Å². The van der Waals surface area contributed by atoms with Crippen LogP contribution in [0.15, 0.2) is 41.2 Å². The number of anilines is 1. The predicted molar refractivity (Wildman–Crippen MR) is 101 cm³/mol. The molecule has 7 nitrogen and oxygen atoms in total. The average molecular weight is 365 g/mol. The first-order valence-corrected chi connectivity index (χ1v) is 9.01. The minimum absolute atomic E-state index is 0.0251. The number of hydrogen-bond donors (Lipinski definition) is 1. The van der Waals surface area contributed by atoms with Crippen molar-refractivity contribution in [2.45, 2.75) is 25.5 Å². The largest absolute Gasteiger partial charge is 0.454 e. The van der Waals surface area contributed by atoms with Gasteiger partial charge in [0.2, 0.25) is 12.7 Å². The highest BCUT2D eigenvalue weighted by Crippen LogP contribution is 2.36. The number of rotatable bonds is 3. The van der Waals surface area contributed by atoms with Crippen molar-refractivity contribution in [1.82, 2.24) is 9.55 Å². The molecule has 0 radical (unpaired) electrons. The van der Waals surface area contributed by atoms with Gasteiger partial charge < -0.3 is 19.9 Å². The van der Waals surface area contributed by atoms with Crippen LogP contribution in [-0.2, 0) is 11.3 Å². The molecule has 0 aliphatic carbocycles. The lowest BCUT2D eigenvalue weighted by molar-refractivity contribution is 0.0966. The van der Waals surface area contributed by atoms with E-state index in [0.717, 1.165) is 36.3 Å². The van der Waals surface area contributed by atoms with Crippen molar-refractivity contribution >= 4 is 16.9 Å². The van der Waals surface area contributed by atoms with Gasteiger partial charge in [0, 0.05) is 6.61 Å². The first kappa shape index (κ1) is 16.1. The van der Waals surface area contributed by atoms with Crippen LogP contribution < -0.4 is 20.8 Å². The van der Waals surface area contributed by atoms with E-state index in [1.165, 1.54) is 4.57 Å². The monoisotopic (exact) mass is 365 g/mol. The van der Waals surface area contributed by atoms with Crippen molar-refractivity contribution in [3.63, 3.8) is 0 Å². The fraction of sp³-hybridized carbons (Fsp3) is 0.300. The third kappa shape index (κ3) is 2.80. The van der Waals surface area contributed by atoms with Gasteiger partial charge in [0.05, 0.1) is 23.6 Å². The molecule has 5 rings (SSSR count). The number of ether oxygens (including phenoxy) is 3. The summed E-state index contributed by atoms with van der Waals surface area (Å²) in [6.45, 7) is 1.41. The third-order valence-electron chi connectivity index (χ3n) is 5.10. The molecule has 3 aromatic rings. The van der Waals surface area contributed by atoms with Gasteiger partial charge >= 0.3 is 0 Å². The molecule has 0 bridgehead atoms. The molecular weight excluding hydrogens is 346 g/mol. The third-order valence-corrected chi connectivity index (χ3v) is 5.10. The highest BCUT2D eigenvalue weighted by Gasteiger charge is 2.19. The second-order valence-electron chi connectivity index (χ2n) is 6.82. The molecule has 2 N–H and O–H groups in total. The van der Waals surface area contributed by atoms with Crippen molar-refractivity contribution < 1.29 is 14.2 Å². The number of nitrogen functional groups attached to an aromatic ring is 1. The number of fused-ring (bicyclic) bond motifs is 2. The molecule has 1 saturated heterocycles. The molecule has 1 atom stereocenters. The van der Waals surface area contributed by atoms with Gasteiger partial charge in [-0.05, 0) is 48.2 Å². The van der Waals surface area contributed by atoms with Crippen LogP contribution in [0.1, 0.15) is 12.8 Å². The molecule has 1 aromatic heterocycles. The summed E-state index contributed by atoms with van der Waals surface area (Å²) in [6, 6.07) is 11.3. The summed E-state index contributed by atoms with van der Waals surface area (Å²) in [7, 11) is 0. The standard InChI is InChI=1S/C20H19N3O4/c21-20-22-16-8-12(13-4-6-17-18(9-13)27-11-26-17)3-5-15(16)19(24)23(20)10-14-2-1-7-25-14/h3-6,8-9,14H,1-2,7,10-11H2,(H2,21,22). The molecule has 138 valence electrons. The van der Waals surface area contributed by atoms with Gasteiger partial charge in [-0.1, -0.05) is 12.1 Å². The van der Waals surface area contributed by atoms with E-state index in [2.05, 4.69) is 4.98 Å².